The van der Waals surface area contributed by atoms with Gasteiger partial charge in [0.15, 0.2) is 0 Å². The summed E-state index contributed by atoms with van der Waals surface area (Å²) in [6.07, 6.45) is 0. The summed E-state index contributed by atoms with van der Waals surface area (Å²) >= 11 is 13.6. The number of rotatable bonds is 3. The fourth-order valence-electron chi connectivity index (χ4n) is 2.53. The predicted molar refractivity (Wildman–Crippen MR) is 97.1 cm³/mol. The lowest BCUT2D eigenvalue weighted by atomic mass is 9.96. The summed E-state index contributed by atoms with van der Waals surface area (Å²) in [5.74, 6) is 0.912. The van der Waals surface area contributed by atoms with Crippen LogP contribution in [0.25, 0.3) is 0 Å². The molecule has 0 radical (unpaired) electrons. The van der Waals surface area contributed by atoms with Gasteiger partial charge in [-0.25, -0.2) is 0 Å². The van der Waals surface area contributed by atoms with Gasteiger partial charge in [-0.05, 0) is 61.2 Å². The Morgan fingerprint density at radius 3 is 2.33 bits per heavy atom. The van der Waals surface area contributed by atoms with Crippen LogP contribution in [0.3, 0.4) is 0 Å². The average molecular weight is 433 g/mol. The number of hydrogen-bond acceptors (Lipinski definition) is 1. The Balaban J connectivity index is 2.64. The third-order valence-corrected chi connectivity index (χ3v) is 5.55. The zero-order chi connectivity index (χ0) is 15.7. The van der Waals surface area contributed by atoms with E-state index in [4.69, 9.17) is 16.3 Å². The van der Waals surface area contributed by atoms with Crippen molar-refractivity contribution in [1.29, 1.82) is 0 Å². The summed E-state index contributed by atoms with van der Waals surface area (Å²) in [6, 6.07) is 8.17. The average Bonchev–Trinajstić information content (AvgIpc) is 2.40. The molecule has 0 N–H and O–H groups in total. The van der Waals surface area contributed by atoms with Gasteiger partial charge in [-0.2, -0.15) is 0 Å². The minimum absolute atomic E-state index is 0.0287. The molecule has 21 heavy (non-hydrogen) atoms. The van der Waals surface area contributed by atoms with E-state index >= 15 is 0 Å². The second kappa shape index (κ2) is 6.72. The molecule has 2 aromatic carbocycles. The van der Waals surface area contributed by atoms with E-state index in [9.17, 15) is 0 Å². The lowest BCUT2D eigenvalue weighted by Gasteiger charge is -2.21. The van der Waals surface area contributed by atoms with Crippen LogP contribution in [-0.2, 0) is 0 Å². The van der Waals surface area contributed by atoms with Crippen molar-refractivity contribution in [3.05, 3.63) is 61.6 Å². The normalized spacial score (nSPS) is 12.3. The number of benzene rings is 2. The van der Waals surface area contributed by atoms with Gasteiger partial charge in [0, 0.05) is 15.1 Å². The first-order chi connectivity index (χ1) is 9.85. The highest BCUT2D eigenvalue weighted by Crippen LogP contribution is 2.43. The second-order valence-corrected chi connectivity index (χ2v) is 7.38. The first-order valence-corrected chi connectivity index (χ1v) is 8.68. The van der Waals surface area contributed by atoms with Gasteiger partial charge < -0.3 is 4.74 Å². The van der Waals surface area contributed by atoms with Gasteiger partial charge in [-0.1, -0.05) is 49.5 Å². The number of hydrogen-bond donors (Lipinski definition) is 0. The summed E-state index contributed by atoms with van der Waals surface area (Å²) in [4.78, 5) is 0.0287. The first kappa shape index (κ1) is 16.9. The van der Waals surface area contributed by atoms with E-state index in [1.807, 2.05) is 19.1 Å². The second-order valence-electron chi connectivity index (χ2n) is 5.17. The van der Waals surface area contributed by atoms with Crippen LogP contribution in [0.2, 0.25) is 5.02 Å². The molecule has 0 saturated carbocycles. The quantitative estimate of drug-likeness (QED) is 0.502. The van der Waals surface area contributed by atoms with Crippen LogP contribution >= 0.6 is 43.5 Å². The molecule has 0 spiro atoms. The van der Waals surface area contributed by atoms with E-state index in [0.29, 0.717) is 0 Å². The minimum Gasteiger partial charge on any atom is -0.496 e. The molecule has 2 rings (SSSR count). The summed E-state index contributed by atoms with van der Waals surface area (Å²) < 4.78 is 6.71. The number of methoxy groups -OCH3 is 1. The largest absolute Gasteiger partial charge is 0.496 e. The summed E-state index contributed by atoms with van der Waals surface area (Å²) in [7, 11) is 1.71. The number of ether oxygens (including phenoxy) is 1. The van der Waals surface area contributed by atoms with Crippen LogP contribution in [0.1, 0.15) is 32.6 Å². The Bertz CT molecular complexity index is 663. The molecular formula is C17H17Br2ClO. The van der Waals surface area contributed by atoms with Crippen molar-refractivity contribution in [2.24, 2.45) is 0 Å². The van der Waals surface area contributed by atoms with Crippen LogP contribution < -0.4 is 4.74 Å². The summed E-state index contributed by atoms with van der Waals surface area (Å²) in [5.41, 5.74) is 5.67. The highest BCUT2D eigenvalue weighted by Gasteiger charge is 2.21. The SMILES string of the molecule is COc1c(C)cc(Br)c(C)c1C(Br)c1cc(C)cc(Cl)c1. The van der Waals surface area contributed by atoms with E-state index < -0.39 is 0 Å². The van der Waals surface area contributed by atoms with Gasteiger partial charge in [-0.15, -0.1) is 0 Å². The van der Waals surface area contributed by atoms with E-state index in [0.717, 1.165) is 43.1 Å². The van der Waals surface area contributed by atoms with E-state index in [-0.39, 0.29) is 4.83 Å². The van der Waals surface area contributed by atoms with E-state index in [1.54, 1.807) is 7.11 Å². The lowest BCUT2D eigenvalue weighted by Crippen LogP contribution is -2.03. The molecule has 0 aliphatic heterocycles. The van der Waals surface area contributed by atoms with Crippen molar-refractivity contribution in [2.75, 3.05) is 7.11 Å². The molecule has 0 fully saturated rings. The Labute approximate surface area is 147 Å². The van der Waals surface area contributed by atoms with Gasteiger partial charge in [0.05, 0.1) is 11.9 Å². The Hall–Kier alpha value is -0.510. The molecule has 0 aromatic heterocycles. The van der Waals surface area contributed by atoms with E-state index in [2.05, 4.69) is 57.8 Å². The first-order valence-electron chi connectivity index (χ1n) is 6.60. The molecular weight excluding hydrogens is 415 g/mol. The predicted octanol–water partition coefficient (Wildman–Crippen LogP) is 6.52. The van der Waals surface area contributed by atoms with Crippen LogP contribution in [0.15, 0.2) is 28.7 Å². The minimum atomic E-state index is 0.0287. The molecule has 112 valence electrons. The summed E-state index contributed by atoms with van der Waals surface area (Å²) in [5, 5.41) is 0.748. The molecule has 0 bridgehead atoms. The maximum atomic E-state index is 6.20. The number of alkyl halides is 1. The third-order valence-electron chi connectivity index (χ3n) is 3.52. The van der Waals surface area contributed by atoms with Crippen LogP contribution in [0.4, 0.5) is 0 Å². The van der Waals surface area contributed by atoms with Gasteiger partial charge in [0.25, 0.3) is 0 Å². The van der Waals surface area contributed by atoms with Gasteiger partial charge in [-0.3, -0.25) is 0 Å². The highest BCUT2D eigenvalue weighted by molar-refractivity contribution is 9.10. The molecule has 0 saturated heterocycles. The van der Waals surface area contributed by atoms with Crippen molar-refractivity contribution < 1.29 is 4.74 Å². The molecule has 0 aliphatic carbocycles. The van der Waals surface area contributed by atoms with Crippen molar-refractivity contribution in [3.8, 4) is 5.75 Å². The monoisotopic (exact) mass is 430 g/mol. The highest BCUT2D eigenvalue weighted by atomic mass is 79.9. The molecule has 0 heterocycles. The van der Waals surface area contributed by atoms with Crippen LogP contribution in [0, 0.1) is 20.8 Å². The van der Waals surface area contributed by atoms with Gasteiger partial charge in [0.2, 0.25) is 0 Å². The zero-order valence-corrected chi connectivity index (χ0v) is 16.4. The Morgan fingerprint density at radius 2 is 1.76 bits per heavy atom. The fraction of sp³-hybridized carbons (Fsp3) is 0.294. The van der Waals surface area contributed by atoms with Crippen molar-refractivity contribution in [1.82, 2.24) is 0 Å². The molecule has 0 amide bonds. The van der Waals surface area contributed by atoms with Crippen LogP contribution in [-0.4, -0.2) is 7.11 Å². The molecule has 0 aliphatic rings. The molecule has 1 atom stereocenters. The number of halogens is 3. The maximum Gasteiger partial charge on any atom is 0.126 e. The third kappa shape index (κ3) is 3.46. The van der Waals surface area contributed by atoms with Crippen molar-refractivity contribution >= 4 is 43.5 Å². The Morgan fingerprint density at radius 1 is 1.10 bits per heavy atom. The van der Waals surface area contributed by atoms with Gasteiger partial charge >= 0.3 is 0 Å². The summed E-state index contributed by atoms with van der Waals surface area (Å²) in [6.45, 7) is 6.19. The number of aryl methyl sites for hydroxylation is 2. The Kier molecular flexibility index (Phi) is 5.39. The zero-order valence-electron chi connectivity index (χ0n) is 12.4. The topological polar surface area (TPSA) is 9.23 Å². The molecule has 1 nitrogen and oxygen atoms in total. The van der Waals surface area contributed by atoms with Gasteiger partial charge in [0.1, 0.15) is 5.75 Å². The standard InChI is InChI=1S/C17H17Br2ClO/c1-9-5-12(8-13(20)6-9)16(19)15-11(3)14(18)7-10(2)17(15)21-4/h5-8,16H,1-4H3. The molecule has 2 aromatic rings. The molecule has 1 unspecified atom stereocenters. The van der Waals surface area contributed by atoms with E-state index in [1.165, 1.54) is 0 Å². The maximum absolute atomic E-state index is 6.20. The lowest BCUT2D eigenvalue weighted by molar-refractivity contribution is 0.406. The smallest absolute Gasteiger partial charge is 0.126 e. The fourth-order valence-corrected chi connectivity index (χ4v) is 4.20. The molecule has 4 heteroatoms. The van der Waals surface area contributed by atoms with Crippen molar-refractivity contribution in [2.45, 2.75) is 25.6 Å². The van der Waals surface area contributed by atoms with Crippen molar-refractivity contribution in [3.63, 3.8) is 0 Å². The van der Waals surface area contributed by atoms with Crippen LogP contribution in [0.5, 0.6) is 5.75 Å².